The summed E-state index contributed by atoms with van der Waals surface area (Å²) in [7, 11) is 0.961. The van der Waals surface area contributed by atoms with Crippen LogP contribution >= 0.6 is 11.3 Å². The number of nitrogens with one attached hydrogen (secondary N) is 1. The minimum Gasteiger partial charge on any atom is -0.477 e. The lowest BCUT2D eigenvalue weighted by Crippen LogP contribution is -2.74. The first kappa shape index (κ1) is 20.9. The van der Waals surface area contributed by atoms with Crippen LogP contribution in [0.15, 0.2) is 21.8 Å². The molecule has 3 rings (SSSR count). The number of fused-ring (bicyclic) bond motifs is 1. The highest BCUT2D eigenvalue weighted by Crippen LogP contribution is 2.35. The summed E-state index contributed by atoms with van der Waals surface area (Å²) in [6.07, 6.45) is 0. The third-order valence-electron chi connectivity index (χ3n) is 4.17. The molecule has 1 saturated heterocycles. The van der Waals surface area contributed by atoms with Gasteiger partial charge in [-0.25, -0.2) is 9.78 Å². The number of rotatable bonds is 7. The first-order valence-corrected chi connectivity index (χ1v) is 10.3. The minimum atomic E-state index is -1.64. The number of ether oxygens (including phenoxy) is 1. The summed E-state index contributed by atoms with van der Waals surface area (Å²) in [6.45, 7) is -0.0726. The number of methoxy groups -OCH3 is 1. The molecule has 14 heteroatoms. The second kappa shape index (κ2) is 8.26. The highest BCUT2D eigenvalue weighted by molar-refractivity contribution is 7.86. The van der Waals surface area contributed by atoms with Crippen molar-refractivity contribution in [2.24, 2.45) is 5.16 Å². The molecule has 1 unspecified atom stereocenters. The van der Waals surface area contributed by atoms with Crippen molar-refractivity contribution in [1.82, 2.24) is 15.2 Å². The predicted molar refractivity (Wildman–Crippen MR) is 102 cm³/mol. The van der Waals surface area contributed by atoms with Crippen LogP contribution in [0.5, 0.6) is 0 Å². The zero-order valence-electron chi connectivity index (χ0n) is 15.3. The standard InChI is InChI=1S/C15H17N5O7S2/c1-26-3-6-5-29(25)13-9(12(22)20(13)10(6)14(23)24)18-11(21)8(19-27-2)7-4-28-15(16)17-7/h4,9,13H,3,5H2,1-2H3,(H2,16,17)(H,18,21)(H,23,24)/b19-8+/t9-,13-,29?/m1/s1. The van der Waals surface area contributed by atoms with Crippen molar-refractivity contribution in [1.29, 1.82) is 0 Å². The van der Waals surface area contributed by atoms with Gasteiger partial charge in [0.25, 0.3) is 11.8 Å². The normalized spacial score (nSPS) is 24.1. The molecule has 4 N–H and O–H groups in total. The maximum Gasteiger partial charge on any atom is 0.352 e. The average Bonchev–Trinajstić information content (AvgIpc) is 3.09. The van der Waals surface area contributed by atoms with Crippen LogP contribution in [0.1, 0.15) is 5.69 Å². The van der Waals surface area contributed by atoms with Gasteiger partial charge in [0.2, 0.25) is 0 Å². The Hall–Kier alpha value is -2.84. The third-order valence-corrected chi connectivity index (χ3v) is 6.50. The third kappa shape index (κ3) is 3.73. The molecule has 29 heavy (non-hydrogen) atoms. The quantitative estimate of drug-likeness (QED) is 0.257. The van der Waals surface area contributed by atoms with Gasteiger partial charge >= 0.3 is 5.97 Å². The summed E-state index contributed by atoms with van der Waals surface area (Å²) in [5.41, 5.74) is 5.46. The first-order valence-electron chi connectivity index (χ1n) is 8.08. The number of β-lactam (4-membered cyclic amide) rings is 1. The lowest BCUT2D eigenvalue weighted by Gasteiger charge is -2.48. The lowest BCUT2D eigenvalue weighted by atomic mass is 10.0. The van der Waals surface area contributed by atoms with Gasteiger partial charge in [0.1, 0.15) is 29.9 Å². The van der Waals surface area contributed by atoms with Gasteiger partial charge in [-0.1, -0.05) is 5.16 Å². The number of hydrogen-bond donors (Lipinski definition) is 3. The molecule has 3 atom stereocenters. The molecule has 1 aromatic heterocycles. The van der Waals surface area contributed by atoms with Gasteiger partial charge in [-0.15, -0.1) is 11.3 Å². The van der Waals surface area contributed by atoms with Crippen molar-refractivity contribution < 1.29 is 33.3 Å². The van der Waals surface area contributed by atoms with Crippen LogP contribution in [0.4, 0.5) is 5.13 Å². The first-order chi connectivity index (χ1) is 13.8. The number of carboxylic acid groups (broad SMARTS) is 1. The number of carbonyl (C=O) groups excluding carboxylic acids is 2. The van der Waals surface area contributed by atoms with Crippen molar-refractivity contribution in [3.63, 3.8) is 0 Å². The molecule has 0 spiro atoms. The summed E-state index contributed by atoms with van der Waals surface area (Å²) >= 11 is 1.09. The van der Waals surface area contributed by atoms with Gasteiger partial charge in [0.15, 0.2) is 10.8 Å². The zero-order chi connectivity index (χ0) is 21.3. The number of carbonyl (C=O) groups is 3. The fraction of sp³-hybridized carbons (Fsp3) is 0.400. The van der Waals surface area contributed by atoms with E-state index in [2.05, 4.69) is 20.3 Å². The van der Waals surface area contributed by atoms with Crippen LogP contribution in [-0.2, 0) is 34.8 Å². The number of nitrogens with zero attached hydrogens (tertiary/aromatic N) is 3. The Kier molecular flexibility index (Phi) is 5.95. The molecule has 2 aliphatic heterocycles. The molecule has 2 amide bonds. The SMILES string of the molecule is COCC1=C(C(=O)O)N2C(=O)[C@@H](NC(=O)/C(=N/OC)c3csc(N)n3)[C@H]2S(=O)C1. The van der Waals surface area contributed by atoms with E-state index >= 15 is 0 Å². The number of anilines is 1. The molecule has 156 valence electrons. The smallest absolute Gasteiger partial charge is 0.352 e. The minimum absolute atomic E-state index is 0.0726. The Balaban J connectivity index is 1.84. The van der Waals surface area contributed by atoms with Crippen LogP contribution < -0.4 is 11.1 Å². The molecule has 1 aromatic rings. The highest BCUT2D eigenvalue weighted by Gasteiger charge is 2.57. The number of carboxylic acids is 1. The summed E-state index contributed by atoms with van der Waals surface area (Å²) in [4.78, 5) is 46.4. The summed E-state index contributed by atoms with van der Waals surface area (Å²) in [5.74, 6) is -2.91. The van der Waals surface area contributed by atoms with Gasteiger partial charge in [0, 0.05) is 12.5 Å². The molecular weight excluding hydrogens is 426 g/mol. The summed E-state index contributed by atoms with van der Waals surface area (Å²) in [6, 6.07) is -1.18. The number of oxime groups is 1. The average molecular weight is 443 g/mol. The molecule has 12 nitrogen and oxygen atoms in total. The fourth-order valence-corrected chi connectivity index (χ4v) is 5.25. The van der Waals surface area contributed by atoms with Crippen molar-refractivity contribution >= 4 is 50.8 Å². The van der Waals surface area contributed by atoms with Crippen molar-refractivity contribution in [3.05, 3.63) is 22.3 Å². The Morgan fingerprint density at radius 1 is 1.52 bits per heavy atom. The van der Waals surface area contributed by atoms with E-state index in [0.717, 1.165) is 16.2 Å². The van der Waals surface area contributed by atoms with Gasteiger partial charge in [-0.2, -0.15) is 0 Å². The van der Waals surface area contributed by atoms with Gasteiger partial charge in [0.05, 0.1) is 23.2 Å². The Labute approximate surface area is 170 Å². The van der Waals surface area contributed by atoms with Crippen molar-refractivity contribution in [2.75, 3.05) is 32.3 Å². The Morgan fingerprint density at radius 2 is 2.24 bits per heavy atom. The second-order valence-corrected chi connectivity index (χ2v) is 8.38. The van der Waals surface area contributed by atoms with Gasteiger partial charge < -0.3 is 25.7 Å². The Bertz CT molecular complexity index is 957. The number of thiazole rings is 1. The molecule has 0 aliphatic carbocycles. The maximum absolute atomic E-state index is 12.6. The van der Waals surface area contributed by atoms with E-state index in [9.17, 15) is 23.7 Å². The van der Waals surface area contributed by atoms with Crippen LogP contribution in [0.3, 0.4) is 0 Å². The molecule has 0 bridgehead atoms. The zero-order valence-corrected chi connectivity index (χ0v) is 16.9. The monoisotopic (exact) mass is 443 g/mol. The van der Waals surface area contributed by atoms with E-state index in [1.165, 1.54) is 19.6 Å². The molecule has 2 aliphatic rings. The van der Waals surface area contributed by atoms with E-state index in [0.29, 0.717) is 0 Å². The highest BCUT2D eigenvalue weighted by atomic mass is 32.2. The molecule has 3 heterocycles. The molecule has 0 aromatic carbocycles. The topological polar surface area (TPSA) is 174 Å². The summed E-state index contributed by atoms with van der Waals surface area (Å²) < 4.78 is 17.6. The predicted octanol–water partition coefficient (Wildman–Crippen LogP) is -1.52. The van der Waals surface area contributed by atoms with Gasteiger partial charge in [-0.05, 0) is 5.57 Å². The second-order valence-electron chi connectivity index (χ2n) is 5.96. The van der Waals surface area contributed by atoms with E-state index < -0.39 is 40.0 Å². The van der Waals surface area contributed by atoms with Crippen LogP contribution in [-0.4, -0.2) is 80.7 Å². The lowest BCUT2D eigenvalue weighted by molar-refractivity contribution is -0.150. The van der Waals surface area contributed by atoms with Crippen LogP contribution in [0.25, 0.3) is 0 Å². The molecule has 0 saturated carbocycles. The van der Waals surface area contributed by atoms with Gasteiger partial charge in [-0.3, -0.25) is 18.7 Å². The van der Waals surface area contributed by atoms with E-state index in [4.69, 9.17) is 10.5 Å². The molecule has 1 fully saturated rings. The molecule has 0 radical (unpaired) electrons. The largest absolute Gasteiger partial charge is 0.477 e. The van der Waals surface area contributed by atoms with Crippen molar-refractivity contribution in [2.45, 2.75) is 11.4 Å². The number of nitrogens with two attached hydrogens (primary N) is 1. The van der Waals surface area contributed by atoms with E-state index in [1.54, 1.807) is 0 Å². The van der Waals surface area contributed by atoms with E-state index in [1.807, 2.05) is 0 Å². The van der Waals surface area contributed by atoms with Crippen LogP contribution in [0.2, 0.25) is 0 Å². The maximum atomic E-state index is 12.6. The number of amides is 2. The Morgan fingerprint density at radius 3 is 2.79 bits per heavy atom. The van der Waals surface area contributed by atoms with E-state index in [-0.39, 0.29) is 40.2 Å². The fourth-order valence-electron chi connectivity index (χ4n) is 3.04. The number of aromatic nitrogens is 1. The number of hydrogen-bond acceptors (Lipinski definition) is 10. The van der Waals surface area contributed by atoms with Crippen molar-refractivity contribution in [3.8, 4) is 0 Å². The van der Waals surface area contributed by atoms with Crippen LogP contribution in [0, 0.1) is 0 Å². The molecular formula is C15H17N5O7S2. The number of aliphatic carboxylic acids is 1. The summed E-state index contributed by atoms with van der Waals surface area (Å²) in [5, 5.41) is 16.2. The number of nitrogen functional groups attached to an aromatic ring is 1.